The molecule has 3 N–H and O–H groups in total. The molecule has 23 heavy (non-hydrogen) atoms. The quantitative estimate of drug-likeness (QED) is 0.658. The maximum absolute atomic E-state index is 12.0. The highest BCUT2D eigenvalue weighted by molar-refractivity contribution is 6.33. The van der Waals surface area contributed by atoms with E-state index in [4.69, 9.17) is 16.3 Å². The van der Waals surface area contributed by atoms with E-state index < -0.39 is 0 Å². The van der Waals surface area contributed by atoms with Crippen LogP contribution in [-0.4, -0.2) is 51.2 Å². The van der Waals surface area contributed by atoms with Gasteiger partial charge in [0.25, 0.3) is 11.8 Å². The zero-order chi connectivity index (χ0) is 16.7. The molecule has 2 rings (SSSR count). The number of hydrogen-bond acceptors (Lipinski definition) is 3. The first-order chi connectivity index (χ1) is 11.0. The Hall–Kier alpha value is -1.63. The van der Waals surface area contributed by atoms with Gasteiger partial charge in [0.2, 0.25) is 0 Å². The van der Waals surface area contributed by atoms with Crippen molar-refractivity contribution in [3.63, 3.8) is 0 Å². The first-order valence-electron chi connectivity index (χ1n) is 7.78. The van der Waals surface area contributed by atoms with Gasteiger partial charge in [0.05, 0.1) is 23.9 Å². The Morgan fingerprint density at radius 3 is 2.74 bits per heavy atom. The average Bonchev–Trinajstić information content (AvgIpc) is 3.00. The van der Waals surface area contributed by atoms with E-state index in [0.717, 1.165) is 24.3 Å². The number of hydrogen-bond donors (Lipinski definition) is 3. The number of benzene rings is 1. The lowest BCUT2D eigenvalue weighted by molar-refractivity contribution is -0.862. The lowest BCUT2D eigenvalue weighted by Gasteiger charge is -2.15. The van der Waals surface area contributed by atoms with Crippen molar-refractivity contribution in [2.45, 2.75) is 18.9 Å². The summed E-state index contributed by atoms with van der Waals surface area (Å²) in [5, 5.41) is 6.09. The zero-order valence-electron chi connectivity index (χ0n) is 13.2. The standard InChI is InChI=1S/C16H22ClN3O3/c1-20(10-15(21)18-9-12-5-4-8-23-12)11-16(22)19-14-7-3-2-6-13(14)17/h2-3,6-7,12H,4-5,8-11H2,1H3,(H,18,21)(H,19,22)/p+1/t12-/m0/s1. The molecule has 126 valence electrons. The van der Waals surface area contributed by atoms with Crippen LogP contribution in [0.2, 0.25) is 5.02 Å². The van der Waals surface area contributed by atoms with Gasteiger partial charge in [0, 0.05) is 13.2 Å². The Bertz CT molecular complexity index is 547. The van der Waals surface area contributed by atoms with Crippen LogP contribution in [0.25, 0.3) is 0 Å². The molecular weight excluding hydrogens is 318 g/mol. The Balaban J connectivity index is 1.68. The van der Waals surface area contributed by atoms with Crippen molar-refractivity contribution >= 4 is 29.1 Å². The molecule has 1 saturated heterocycles. The highest BCUT2D eigenvalue weighted by Crippen LogP contribution is 2.19. The van der Waals surface area contributed by atoms with Crippen LogP contribution in [0.4, 0.5) is 5.69 Å². The fourth-order valence-electron chi connectivity index (χ4n) is 2.46. The van der Waals surface area contributed by atoms with Gasteiger partial charge in [-0.05, 0) is 25.0 Å². The largest absolute Gasteiger partial charge is 0.376 e. The topological polar surface area (TPSA) is 71.9 Å². The first kappa shape index (κ1) is 17.7. The van der Waals surface area contributed by atoms with Gasteiger partial charge < -0.3 is 20.3 Å². The Morgan fingerprint density at radius 1 is 1.30 bits per heavy atom. The number of carbonyl (C=O) groups excluding carboxylic acids is 2. The van der Waals surface area contributed by atoms with Gasteiger partial charge in [-0.3, -0.25) is 9.59 Å². The van der Waals surface area contributed by atoms with Gasteiger partial charge in [-0.2, -0.15) is 0 Å². The van der Waals surface area contributed by atoms with E-state index in [1.807, 2.05) is 0 Å². The lowest BCUT2D eigenvalue weighted by atomic mass is 10.2. The third kappa shape index (κ3) is 6.17. The molecule has 0 spiro atoms. The van der Waals surface area contributed by atoms with E-state index >= 15 is 0 Å². The minimum atomic E-state index is -0.178. The number of para-hydroxylation sites is 1. The summed E-state index contributed by atoms with van der Waals surface area (Å²) in [5.41, 5.74) is 0.579. The van der Waals surface area contributed by atoms with Crippen molar-refractivity contribution in [2.24, 2.45) is 0 Å². The molecule has 1 unspecified atom stereocenters. The fraction of sp³-hybridized carbons (Fsp3) is 0.500. The van der Waals surface area contributed by atoms with E-state index in [1.165, 1.54) is 0 Å². The van der Waals surface area contributed by atoms with Crippen LogP contribution < -0.4 is 15.5 Å². The molecular formula is C16H23ClN3O3+. The van der Waals surface area contributed by atoms with E-state index in [-0.39, 0.29) is 31.0 Å². The summed E-state index contributed by atoms with van der Waals surface area (Å²) in [4.78, 5) is 24.7. The van der Waals surface area contributed by atoms with Crippen LogP contribution in [0.3, 0.4) is 0 Å². The summed E-state index contributed by atoms with van der Waals surface area (Å²) in [7, 11) is 1.80. The Labute approximate surface area is 141 Å². The maximum atomic E-state index is 12.0. The van der Waals surface area contributed by atoms with Gasteiger partial charge >= 0.3 is 0 Å². The minimum absolute atomic E-state index is 0.0801. The smallest absolute Gasteiger partial charge is 0.279 e. The van der Waals surface area contributed by atoms with Gasteiger partial charge in [-0.25, -0.2) is 0 Å². The minimum Gasteiger partial charge on any atom is -0.376 e. The molecule has 6 nitrogen and oxygen atoms in total. The number of rotatable bonds is 7. The average molecular weight is 341 g/mol. The van der Waals surface area contributed by atoms with Gasteiger partial charge in [0.1, 0.15) is 0 Å². The van der Waals surface area contributed by atoms with Crippen LogP contribution in [0.1, 0.15) is 12.8 Å². The van der Waals surface area contributed by atoms with Crippen LogP contribution in [0.5, 0.6) is 0 Å². The summed E-state index contributed by atoms with van der Waals surface area (Å²) < 4.78 is 5.45. The molecule has 1 fully saturated rings. The van der Waals surface area contributed by atoms with Crippen molar-refractivity contribution < 1.29 is 19.2 Å². The summed E-state index contributed by atoms with van der Waals surface area (Å²) in [6, 6.07) is 7.06. The molecule has 1 aliphatic heterocycles. The number of halogens is 1. The molecule has 1 heterocycles. The monoisotopic (exact) mass is 340 g/mol. The number of ether oxygens (including phenoxy) is 1. The van der Waals surface area contributed by atoms with Crippen LogP contribution >= 0.6 is 11.6 Å². The predicted octanol–water partition coefficient (Wildman–Crippen LogP) is 0.0884. The second-order valence-electron chi connectivity index (χ2n) is 5.78. The van der Waals surface area contributed by atoms with E-state index in [2.05, 4.69) is 10.6 Å². The Morgan fingerprint density at radius 2 is 2.04 bits per heavy atom. The number of quaternary nitrogens is 1. The summed E-state index contributed by atoms with van der Waals surface area (Å²) in [5.74, 6) is -0.258. The van der Waals surface area contributed by atoms with Crippen molar-refractivity contribution in [1.82, 2.24) is 5.32 Å². The summed E-state index contributed by atoms with van der Waals surface area (Å²) in [6.45, 7) is 1.74. The van der Waals surface area contributed by atoms with E-state index in [0.29, 0.717) is 17.3 Å². The number of amides is 2. The second-order valence-corrected chi connectivity index (χ2v) is 6.18. The number of carbonyl (C=O) groups is 2. The highest BCUT2D eigenvalue weighted by atomic mass is 35.5. The molecule has 0 aliphatic carbocycles. The SMILES string of the molecule is C[NH+](CC(=O)NC[C@@H]1CCCO1)CC(=O)Nc1ccccc1Cl. The zero-order valence-corrected chi connectivity index (χ0v) is 14.0. The normalized spacial score (nSPS) is 18.4. The molecule has 7 heteroatoms. The van der Waals surface area contributed by atoms with Crippen molar-refractivity contribution in [2.75, 3.05) is 38.6 Å². The summed E-state index contributed by atoms with van der Waals surface area (Å²) in [6.07, 6.45) is 2.17. The van der Waals surface area contributed by atoms with Gasteiger partial charge in [-0.15, -0.1) is 0 Å². The number of anilines is 1. The van der Waals surface area contributed by atoms with Crippen molar-refractivity contribution in [1.29, 1.82) is 0 Å². The highest BCUT2D eigenvalue weighted by Gasteiger charge is 2.18. The third-order valence-corrected chi connectivity index (χ3v) is 3.95. The van der Waals surface area contributed by atoms with E-state index in [1.54, 1.807) is 31.3 Å². The summed E-state index contributed by atoms with van der Waals surface area (Å²) >= 11 is 6.00. The molecule has 0 radical (unpaired) electrons. The molecule has 0 bridgehead atoms. The lowest BCUT2D eigenvalue weighted by Crippen LogP contribution is -3.11. The van der Waals surface area contributed by atoms with Crippen LogP contribution in [-0.2, 0) is 14.3 Å². The molecule has 0 aromatic heterocycles. The molecule has 1 aromatic carbocycles. The van der Waals surface area contributed by atoms with Crippen molar-refractivity contribution in [3.05, 3.63) is 29.3 Å². The Kier molecular flexibility index (Phi) is 6.83. The predicted molar refractivity (Wildman–Crippen MR) is 88.7 cm³/mol. The van der Waals surface area contributed by atoms with Gasteiger partial charge in [0.15, 0.2) is 13.1 Å². The third-order valence-electron chi connectivity index (χ3n) is 3.62. The number of nitrogens with one attached hydrogen (secondary N) is 3. The van der Waals surface area contributed by atoms with Crippen molar-refractivity contribution in [3.8, 4) is 0 Å². The maximum Gasteiger partial charge on any atom is 0.279 e. The van der Waals surface area contributed by atoms with Crippen LogP contribution in [0.15, 0.2) is 24.3 Å². The molecule has 2 amide bonds. The van der Waals surface area contributed by atoms with Crippen LogP contribution in [0, 0.1) is 0 Å². The molecule has 2 atom stereocenters. The first-order valence-corrected chi connectivity index (χ1v) is 8.16. The molecule has 0 saturated carbocycles. The molecule has 1 aliphatic rings. The fourth-order valence-corrected chi connectivity index (χ4v) is 2.65. The van der Waals surface area contributed by atoms with E-state index in [9.17, 15) is 9.59 Å². The number of likely N-dealkylation sites (N-methyl/N-ethyl adjacent to an activating group) is 1. The van der Waals surface area contributed by atoms with Gasteiger partial charge in [-0.1, -0.05) is 23.7 Å². The molecule has 1 aromatic rings. The second kappa shape index (κ2) is 8.86.